The maximum Gasteiger partial charge on any atom is 0.277 e. The van der Waals surface area contributed by atoms with Crippen LogP contribution in [-0.2, 0) is 0 Å². The predicted molar refractivity (Wildman–Crippen MR) is 69.0 cm³/mol. The number of hydrogen-bond donors (Lipinski definition) is 1. The highest BCUT2D eigenvalue weighted by Crippen LogP contribution is 2.16. The van der Waals surface area contributed by atoms with E-state index in [9.17, 15) is 4.79 Å². The Balaban J connectivity index is 2.09. The lowest BCUT2D eigenvalue weighted by Crippen LogP contribution is -2.12. The highest BCUT2D eigenvalue weighted by molar-refractivity contribution is 7.78. The first kappa shape index (κ1) is 11.5. The van der Waals surface area contributed by atoms with E-state index in [0.717, 1.165) is 11.5 Å². The highest BCUT2D eigenvalue weighted by Gasteiger charge is 2.08. The van der Waals surface area contributed by atoms with Crippen LogP contribution in [-0.4, -0.2) is 20.7 Å². The molecule has 2 aromatic rings. The summed E-state index contributed by atoms with van der Waals surface area (Å²) >= 11 is 5.62. The lowest BCUT2D eigenvalue weighted by atomic mass is 10.3. The number of carbonyl (C=O) groups excluding carboxylic acids is 1. The van der Waals surface area contributed by atoms with Gasteiger partial charge < -0.3 is 5.32 Å². The fraction of sp³-hybridized carbons (Fsp3) is 0. The molecule has 0 aliphatic carbocycles. The molecule has 1 heterocycles. The van der Waals surface area contributed by atoms with Crippen LogP contribution < -0.4 is 5.32 Å². The second-order valence-corrected chi connectivity index (χ2v) is 3.79. The molecule has 7 heteroatoms. The molecule has 2 rings (SSSR count). The molecule has 0 radical (unpaired) electrons. The van der Waals surface area contributed by atoms with Crippen molar-refractivity contribution in [2.45, 2.75) is 0 Å². The first-order valence-corrected chi connectivity index (χ1v) is 5.80. The summed E-state index contributed by atoms with van der Waals surface area (Å²) in [6.45, 7) is 0. The van der Waals surface area contributed by atoms with Crippen molar-refractivity contribution in [3.8, 4) is 0 Å². The minimum absolute atomic E-state index is 0.287. The molecule has 84 valence electrons. The Morgan fingerprint density at radius 2 is 2.18 bits per heavy atom. The largest absolute Gasteiger partial charge is 0.321 e. The summed E-state index contributed by atoms with van der Waals surface area (Å²) in [5, 5.41) is 10.2. The lowest BCUT2D eigenvalue weighted by molar-refractivity contribution is 0.102. The molecule has 0 aliphatic heterocycles. The van der Waals surface area contributed by atoms with Gasteiger partial charge in [0.05, 0.1) is 10.8 Å². The monoisotopic (exact) mass is 262 g/mol. The van der Waals surface area contributed by atoms with E-state index >= 15 is 0 Å². The van der Waals surface area contributed by atoms with E-state index in [1.54, 1.807) is 29.6 Å². The summed E-state index contributed by atoms with van der Waals surface area (Å²) < 4.78 is 3.62. The molecule has 0 saturated heterocycles. The Labute approximate surface area is 106 Å². The van der Waals surface area contributed by atoms with Gasteiger partial charge in [-0.15, -0.1) is 5.10 Å². The van der Waals surface area contributed by atoms with E-state index < -0.39 is 0 Å². The SMILES string of the molecule is O=C(Nc1ccc(N=C=S)cc1)c1csnn1. The number of rotatable bonds is 3. The van der Waals surface area contributed by atoms with E-state index in [0.29, 0.717) is 17.1 Å². The predicted octanol–water partition coefficient (Wildman–Crippen LogP) is 2.52. The fourth-order valence-corrected chi connectivity index (χ4v) is 1.67. The van der Waals surface area contributed by atoms with Crippen molar-refractivity contribution in [3.63, 3.8) is 0 Å². The second-order valence-electron chi connectivity index (χ2n) is 2.99. The number of aromatic nitrogens is 2. The molecular weight excluding hydrogens is 256 g/mol. The quantitative estimate of drug-likeness (QED) is 0.681. The molecule has 5 nitrogen and oxygen atoms in total. The van der Waals surface area contributed by atoms with Crippen LogP contribution in [0.25, 0.3) is 0 Å². The number of thiocarbonyl (C=S) groups is 1. The molecule has 1 N–H and O–H groups in total. The maximum atomic E-state index is 11.6. The van der Waals surface area contributed by atoms with Crippen molar-refractivity contribution < 1.29 is 4.79 Å². The topological polar surface area (TPSA) is 67.2 Å². The van der Waals surface area contributed by atoms with Gasteiger partial charge in [-0.25, -0.2) is 0 Å². The third-order valence-electron chi connectivity index (χ3n) is 1.89. The van der Waals surface area contributed by atoms with Gasteiger partial charge in [-0.05, 0) is 48.0 Å². The van der Waals surface area contributed by atoms with Crippen molar-refractivity contribution >= 4 is 46.2 Å². The standard InChI is InChI=1S/C10H6N4OS2/c15-10(9-5-17-14-13-9)12-8-3-1-7(2-4-8)11-6-16/h1-5H,(H,12,15). The molecular formula is C10H6N4OS2. The smallest absolute Gasteiger partial charge is 0.277 e. The lowest BCUT2D eigenvalue weighted by Gasteiger charge is -2.02. The zero-order chi connectivity index (χ0) is 12.1. The van der Waals surface area contributed by atoms with Crippen LogP contribution in [0.2, 0.25) is 0 Å². The molecule has 0 fully saturated rings. The molecule has 0 spiro atoms. The molecule has 0 saturated carbocycles. The first-order chi connectivity index (χ1) is 8.29. The van der Waals surface area contributed by atoms with E-state index in [2.05, 4.69) is 37.3 Å². The molecule has 1 aromatic carbocycles. The molecule has 1 aromatic heterocycles. The van der Waals surface area contributed by atoms with Gasteiger partial charge in [0.1, 0.15) is 0 Å². The number of nitrogens with zero attached hydrogens (tertiary/aromatic N) is 3. The summed E-state index contributed by atoms with van der Waals surface area (Å²) in [7, 11) is 0. The molecule has 1 amide bonds. The van der Waals surface area contributed by atoms with Crippen LogP contribution in [0, 0.1) is 0 Å². The summed E-state index contributed by atoms with van der Waals surface area (Å²) in [4.78, 5) is 15.4. The number of nitrogens with one attached hydrogen (secondary N) is 1. The zero-order valence-electron chi connectivity index (χ0n) is 8.45. The normalized spacial score (nSPS) is 9.41. The summed E-state index contributed by atoms with van der Waals surface area (Å²) in [5.41, 5.74) is 1.65. The average molecular weight is 262 g/mol. The highest BCUT2D eigenvalue weighted by atomic mass is 32.1. The summed E-state index contributed by atoms with van der Waals surface area (Å²) in [6.07, 6.45) is 0. The number of carbonyl (C=O) groups is 1. The molecule has 0 bridgehead atoms. The van der Waals surface area contributed by atoms with Gasteiger partial charge in [0.2, 0.25) is 0 Å². The van der Waals surface area contributed by atoms with Gasteiger partial charge in [0.15, 0.2) is 5.69 Å². The molecule has 17 heavy (non-hydrogen) atoms. The van der Waals surface area contributed by atoms with Gasteiger partial charge >= 0.3 is 0 Å². The van der Waals surface area contributed by atoms with E-state index in [4.69, 9.17) is 0 Å². The van der Waals surface area contributed by atoms with Crippen molar-refractivity contribution in [2.24, 2.45) is 4.99 Å². The van der Waals surface area contributed by atoms with E-state index in [-0.39, 0.29) is 5.91 Å². The van der Waals surface area contributed by atoms with Gasteiger partial charge in [-0.3, -0.25) is 4.79 Å². The van der Waals surface area contributed by atoms with Gasteiger partial charge in [-0.1, -0.05) is 4.49 Å². The average Bonchev–Trinajstić information content (AvgIpc) is 2.86. The number of benzene rings is 1. The van der Waals surface area contributed by atoms with Crippen molar-refractivity contribution in [1.29, 1.82) is 0 Å². The first-order valence-electron chi connectivity index (χ1n) is 4.56. The maximum absolute atomic E-state index is 11.6. The Morgan fingerprint density at radius 1 is 1.41 bits per heavy atom. The summed E-state index contributed by atoms with van der Waals surface area (Å²) in [6, 6.07) is 6.91. The van der Waals surface area contributed by atoms with Crippen molar-refractivity contribution in [2.75, 3.05) is 5.32 Å². The number of isothiocyanates is 1. The van der Waals surface area contributed by atoms with Crippen LogP contribution in [0.4, 0.5) is 11.4 Å². The third-order valence-corrected chi connectivity index (χ3v) is 2.49. The summed E-state index contributed by atoms with van der Waals surface area (Å²) in [5.74, 6) is -0.287. The Hall–Kier alpha value is -1.95. The Kier molecular flexibility index (Phi) is 3.66. The minimum Gasteiger partial charge on any atom is -0.321 e. The van der Waals surface area contributed by atoms with Gasteiger partial charge in [-0.2, -0.15) is 4.99 Å². The van der Waals surface area contributed by atoms with Crippen LogP contribution in [0.15, 0.2) is 34.6 Å². The van der Waals surface area contributed by atoms with Gasteiger partial charge in [0, 0.05) is 11.1 Å². The van der Waals surface area contributed by atoms with Crippen LogP contribution >= 0.6 is 23.8 Å². The number of anilines is 1. The van der Waals surface area contributed by atoms with Crippen molar-refractivity contribution in [3.05, 3.63) is 35.3 Å². The van der Waals surface area contributed by atoms with Gasteiger partial charge in [0.25, 0.3) is 5.91 Å². The van der Waals surface area contributed by atoms with E-state index in [1.165, 1.54) is 0 Å². The Bertz CT molecular complexity index is 559. The number of amides is 1. The Morgan fingerprint density at radius 3 is 2.76 bits per heavy atom. The third kappa shape index (κ3) is 3.01. The second kappa shape index (κ2) is 5.40. The number of aliphatic imine (C=N–C) groups is 1. The molecule has 0 unspecified atom stereocenters. The van der Waals surface area contributed by atoms with Crippen LogP contribution in [0.3, 0.4) is 0 Å². The van der Waals surface area contributed by atoms with E-state index in [1.807, 2.05) is 0 Å². The van der Waals surface area contributed by atoms with Crippen LogP contribution in [0.1, 0.15) is 10.5 Å². The number of hydrogen-bond acceptors (Lipinski definition) is 6. The fourth-order valence-electron chi connectivity index (χ4n) is 1.13. The minimum atomic E-state index is -0.287. The molecule has 0 aliphatic rings. The zero-order valence-corrected chi connectivity index (χ0v) is 10.1. The molecule has 0 atom stereocenters. The van der Waals surface area contributed by atoms with Crippen LogP contribution in [0.5, 0.6) is 0 Å². The van der Waals surface area contributed by atoms with Crippen molar-refractivity contribution in [1.82, 2.24) is 9.59 Å².